The van der Waals surface area contributed by atoms with E-state index in [1.165, 1.54) is 4.90 Å². The molecule has 1 N–H and O–H groups in total. The Morgan fingerprint density at radius 1 is 1.15 bits per heavy atom. The first-order chi connectivity index (χ1) is 15.6. The number of hydrogen-bond acceptors (Lipinski definition) is 7. The number of nitrogens with one attached hydrogen (secondary N) is 1. The first kappa shape index (κ1) is 23.0. The van der Waals surface area contributed by atoms with Crippen LogP contribution in [0.5, 0.6) is 0 Å². The Morgan fingerprint density at radius 2 is 1.85 bits per heavy atom. The van der Waals surface area contributed by atoms with E-state index in [2.05, 4.69) is 15.1 Å². The van der Waals surface area contributed by atoms with Crippen molar-refractivity contribution in [3.63, 3.8) is 0 Å². The maximum Gasteiger partial charge on any atom is 0.493 e. The van der Waals surface area contributed by atoms with E-state index in [1.807, 2.05) is 13.1 Å². The molecule has 0 bridgehead atoms. The first-order valence-corrected chi connectivity index (χ1v) is 10.6. The second-order valence-electron chi connectivity index (χ2n) is 8.29. The second-order valence-corrected chi connectivity index (χ2v) is 8.29. The fourth-order valence-corrected chi connectivity index (χ4v) is 4.57. The third-order valence-electron chi connectivity index (χ3n) is 6.33. The number of alkyl halides is 3. The minimum Gasteiger partial charge on any atom is -0.371 e. The fraction of sp³-hybridized carbons (Fsp3) is 0.524. The maximum absolute atomic E-state index is 13.1. The molecule has 1 aromatic carbocycles. The highest BCUT2D eigenvalue weighted by molar-refractivity contribution is 6.06. The number of rotatable bonds is 4. The van der Waals surface area contributed by atoms with E-state index in [9.17, 15) is 32.3 Å². The molecule has 3 amide bonds. The Labute approximate surface area is 187 Å². The molecule has 1 atom stereocenters. The Bertz CT molecular complexity index is 993. The van der Waals surface area contributed by atoms with Crippen molar-refractivity contribution in [1.29, 1.82) is 0 Å². The summed E-state index contributed by atoms with van der Waals surface area (Å²) in [5.74, 6) is -5.37. The lowest BCUT2D eigenvalue weighted by Gasteiger charge is -2.35. The van der Waals surface area contributed by atoms with Gasteiger partial charge < -0.3 is 20.0 Å². The summed E-state index contributed by atoms with van der Waals surface area (Å²) in [6.07, 6.45) is -3.93. The second kappa shape index (κ2) is 8.65. The maximum atomic E-state index is 13.1. The van der Waals surface area contributed by atoms with Crippen LogP contribution in [0.3, 0.4) is 0 Å². The zero-order valence-electron chi connectivity index (χ0n) is 17.9. The van der Waals surface area contributed by atoms with Crippen LogP contribution in [0.25, 0.3) is 0 Å². The van der Waals surface area contributed by atoms with Crippen molar-refractivity contribution in [1.82, 2.24) is 15.3 Å². The SMILES string of the molecule is CN(c1cccc2c1CN(C1CCC(=O)N(OC(=O)C(F)(F)F)C1=O)C2=O)C1CCNCC1. The predicted octanol–water partition coefficient (Wildman–Crippen LogP) is 1.37. The van der Waals surface area contributed by atoms with Gasteiger partial charge in [-0.2, -0.15) is 13.2 Å². The minimum atomic E-state index is -5.37. The number of hydroxylamine groups is 2. The van der Waals surface area contributed by atoms with Gasteiger partial charge in [-0.3, -0.25) is 14.4 Å². The largest absolute Gasteiger partial charge is 0.493 e. The number of benzene rings is 1. The van der Waals surface area contributed by atoms with Crippen LogP contribution in [0.2, 0.25) is 0 Å². The summed E-state index contributed by atoms with van der Waals surface area (Å²) < 4.78 is 37.7. The van der Waals surface area contributed by atoms with Gasteiger partial charge in [0.1, 0.15) is 6.04 Å². The molecule has 33 heavy (non-hydrogen) atoms. The Hall–Kier alpha value is -3.15. The molecule has 12 heteroatoms. The van der Waals surface area contributed by atoms with Crippen LogP contribution in [-0.4, -0.2) is 72.1 Å². The van der Waals surface area contributed by atoms with Crippen molar-refractivity contribution in [3.8, 4) is 0 Å². The molecule has 0 radical (unpaired) electrons. The van der Waals surface area contributed by atoms with Gasteiger partial charge >= 0.3 is 12.1 Å². The minimum absolute atomic E-state index is 0.0608. The van der Waals surface area contributed by atoms with Gasteiger partial charge in [0, 0.05) is 42.9 Å². The number of anilines is 1. The van der Waals surface area contributed by atoms with Crippen molar-refractivity contribution in [3.05, 3.63) is 29.3 Å². The molecule has 178 valence electrons. The molecule has 1 aromatic rings. The zero-order chi connectivity index (χ0) is 23.9. The number of halogens is 3. The van der Waals surface area contributed by atoms with Crippen LogP contribution in [0.4, 0.5) is 18.9 Å². The third kappa shape index (κ3) is 4.26. The van der Waals surface area contributed by atoms with Crippen molar-refractivity contribution in [2.75, 3.05) is 25.0 Å². The number of fused-ring (bicyclic) bond motifs is 1. The van der Waals surface area contributed by atoms with E-state index < -0.39 is 35.9 Å². The average molecular weight is 468 g/mol. The number of carbonyl (C=O) groups excluding carboxylic acids is 4. The summed E-state index contributed by atoms with van der Waals surface area (Å²) in [7, 11) is 1.95. The average Bonchev–Trinajstić information content (AvgIpc) is 3.12. The number of imide groups is 1. The number of nitrogens with zero attached hydrogens (tertiary/aromatic N) is 3. The molecule has 3 aliphatic rings. The summed E-state index contributed by atoms with van der Waals surface area (Å²) in [6.45, 7) is 1.82. The number of piperidine rings is 2. The molecule has 9 nitrogen and oxygen atoms in total. The molecule has 1 unspecified atom stereocenters. The highest BCUT2D eigenvalue weighted by Crippen LogP contribution is 2.36. The summed E-state index contributed by atoms with van der Waals surface area (Å²) in [5, 5.41) is 3.14. The highest BCUT2D eigenvalue weighted by Gasteiger charge is 2.49. The number of amides is 3. The molecule has 0 saturated carbocycles. The summed E-state index contributed by atoms with van der Waals surface area (Å²) in [6, 6.07) is 4.32. The van der Waals surface area contributed by atoms with Crippen LogP contribution >= 0.6 is 0 Å². The molecule has 3 heterocycles. The van der Waals surface area contributed by atoms with Gasteiger partial charge in [-0.15, -0.1) is 5.06 Å². The molecule has 2 saturated heterocycles. The van der Waals surface area contributed by atoms with Gasteiger partial charge in [0.15, 0.2) is 0 Å². The Morgan fingerprint density at radius 3 is 2.52 bits per heavy atom. The first-order valence-electron chi connectivity index (χ1n) is 10.6. The van der Waals surface area contributed by atoms with E-state index in [4.69, 9.17) is 0 Å². The van der Waals surface area contributed by atoms with Crippen molar-refractivity contribution in [2.45, 2.75) is 50.5 Å². The summed E-state index contributed by atoms with van der Waals surface area (Å²) >= 11 is 0. The van der Waals surface area contributed by atoms with Crippen molar-refractivity contribution in [2.24, 2.45) is 0 Å². The lowest BCUT2D eigenvalue weighted by atomic mass is 10.0. The molecule has 3 aliphatic heterocycles. The standard InChI is InChI=1S/C21H23F3N4O5/c1-26(12-7-9-25-10-8-12)15-4-2-3-13-14(15)11-27(18(13)30)16-5-6-17(29)28(19(16)31)33-20(32)21(22,23)24/h2-4,12,16,25H,5-11H2,1H3. The van der Waals surface area contributed by atoms with E-state index in [-0.39, 0.29) is 30.5 Å². The van der Waals surface area contributed by atoms with Crippen molar-refractivity contribution >= 4 is 29.4 Å². The smallest absolute Gasteiger partial charge is 0.371 e. The predicted molar refractivity (Wildman–Crippen MR) is 108 cm³/mol. The molecule has 0 aliphatic carbocycles. The lowest BCUT2D eigenvalue weighted by molar-refractivity contribution is -0.238. The van der Waals surface area contributed by atoms with Gasteiger partial charge in [-0.05, 0) is 44.5 Å². The number of hydrogen-bond donors (Lipinski definition) is 1. The normalized spacial score (nSPS) is 21.9. The molecule has 0 spiro atoms. The molecular weight excluding hydrogens is 445 g/mol. The molecule has 4 rings (SSSR count). The molecule has 0 aromatic heterocycles. The van der Waals surface area contributed by atoms with E-state index in [0.717, 1.165) is 31.6 Å². The molecular formula is C21H23F3N4O5. The van der Waals surface area contributed by atoms with E-state index >= 15 is 0 Å². The van der Waals surface area contributed by atoms with Gasteiger partial charge in [-0.1, -0.05) is 6.07 Å². The Kier molecular flexibility index (Phi) is 6.04. The van der Waals surface area contributed by atoms with Crippen molar-refractivity contribution < 1.29 is 37.2 Å². The van der Waals surface area contributed by atoms with Crippen LogP contribution in [0.1, 0.15) is 41.6 Å². The van der Waals surface area contributed by atoms with E-state index in [1.54, 1.807) is 12.1 Å². The molecule has 2 fully saturated rings. The zero-order valence-corrected chi connectivity index (χ0v) is 17.9. The van der Waals surface area contributed by atoms with E-state index in [0.29, 0.717) is 11.1 Å². The Balaban J connectivity index is 1.56. The van der Waals surface area contributed by atoms with Crippen LogP contribution in [0.15, 0.2) is 18.2 Å². The van der Waals surface area contributed by atoms with Crippen LogP contribution < -0.4 is 10.2 Å². The topological polar surface area (TPSA) is 99.3 Å². The summed E-state index contributed by atoms with van der Waals surface area (Å²) in [4.78, 5) is 56.5. The highest BCUT2D eigenvalue weighted by atomic mass is 19.4. The number of carbonyl (C=O) groups is 4. The monoisotopic (exact) mass is 468 g/mol. The third-order valence-corrected chi connectivity index (χ3v) is 6.33. The van der Waals surface area contributed by atoms with Gasteiger partial charge in [0.05, 0.1) is 0 Å². The summed E-state index contributed by atoms with van der Waals surface area (Å²) in [5.41, 5.74) is 1.96. The quantitative estimate of drug-likeness (QED) is 0.667. The van der Waals surface area contributed by atoms with Gasteiger partial charge in [-0.25, -0.2) is 4.79 Å². The van der Waals surface area contributed by atoms with Gasteiger partial charge in [0.25, 0.3) is 17.7 Å². The van der Waals surface area contributed by atoms with Crippen LogP contribution in [0, 0.1) is 0 Å². The fourth-order valence-electron chi connectivity index (χ4n) is 4.57. The van der Waals surface area contributed by atoms with Gasteiger partial charge in [0.2, 0.25) is 0 Å². The van der Waals surface area contributed by atoms with Crippen LogP contribution in [-0.2, 0) is 25.8 Å². The lowest BCUT2D eigenvalue weighted by Crippen LogP contribution is -2.55.